The van der Waals surface area contributed by atoms with Crippen molar-refractivity contribution in [1.29, 1.82) is 0 Å². The van der Waals surface area contributed by atoms with Gasteiger partial charge in [-0.15, -0.1) is 0 Å². The minimum Gasteiger partial charge on any atom is -0.447 e. The van der Waals surface area contributed by atoms with Crippen molar-refractivity contribution in [3.05, 3.63) is 0 Å². The Balaban J connectivity index is 2.80. The van der Waals surface area contributed by atoms with Gasteiger partial charge in [0.25, 0.3) is 0 Å². The molecule has 0 saturated carbocycles. The number of cyclic esters (lactones) is 1. The van der Waals surface area contributed by atoms with Crippen LogP contribution in [0.4, 0.5) is 4.79 Å². The summed E-state index contributed by atoms with van der Waals surface area (Å²) >= 11 is 3.26. The van der Waals surface area contributed by atoms with Crippen LogP contribution in [0.1, 0.15) is 27.2 Å². The molecule has 1 fully saturated rings. The molecule has 5 heteroatoms. The van der Waals surface area contributed by atoms with Crippen LogP contribution < -0.4 is 0 Å². The van der Waals surface area contributed by atoms with Gasteiger partial charge in [-0.1, -0.05) is 36.7 Å². The van der Waals surface area contributed by atoms with Gasteiger partial charge in [-0.2, -0.15) is 0 Å². The molecule has 2 atom stereocenters. The Morgan fingerprint density at radius 1 is 1.67 bits per heavy atom. The highest BCUT2D eigenvalue weighted by Gasteiger charge is 2.41. The van der Waals surface area contributed by atoms with Crippen LogP contribution in [-0.2, 0) is 9.53 Å². The molecule has 4 nitrogen and oxygen atoms in total. The maximum atomic E-state index is 11.9. The van der Waals surface area contributed by atoms with Crippen molar-refractivity contribution in [2.75, 3.05) is 6.61 Å². The fraction of sp³-hybridized carbons (Fsp3) is 0.800. The Hall–Kier alpha value is -0.580. The number of rotatable bonds is 3. The third-order valence-corrected chi connectivity index (χ3v) is 3.58. The summed E-state index contributed by atoms with van der Waals surface area (Å²) in [5, 5.41) is 0. The van der Waals surface area contributed by atoms with Gasteiger partial charge in [0.05, 0.1) is 10.9 Å². The minimum absolute atomic E-state index is 0.128. The van der Waals surface area contributed by atoms with E-state index in [1.54, 1.807) is 0 Å². The smallest absolute Gasteiger partial charge is 0.417 e. The number of carbonyl (C=O) groups excluding carboxylic acids is 2. The van der Waals surface area contributed by atoms with Gasteiger partial charge in [0, 0.05) is 0 Å². The number of ether oxygens (including phenoxy) is 1. The van der Waals surface area contributed by atoms with Crippen LogP contribution >= 0.6 is 15.9 Å². The number of nitrogens with zero attached hydrogens (tertiary/aromatic N) is 1. The molecule has 1 rings (SSSR count). The molecule has 0 aromatic carbocycles. The van der Waals surface area contributed by atoms with Crippen molar-refractivity contribution in [1.82, 2.24) is 4.90 Å². The molecule has 1 heterocycles. The van der Waals surface area contributed by atoms with Crippen LogP contribution in [0.2, 0.25) is 0 Å². The molecule has 0 spiro atoms. The van der Waals surface area contributed by atoms with Gasteiger partial charge < -0.3 is 4.74 Å². The van der Waals surface area contributed by atoms with E-state index in [1.807, 2.05) is 20.8 Å². The SMILES string of the molecule is CCC(Br)C(=O)N1C(=O)OC[C@@H]1C(C)C. The van der Waals surface area contributed by atoms with E-state index in [0.29, 0.717) is 13.0 Å². The normalized spacial score (nSPS) is 23.1. The Bertz CT molecular complexity index is 267. The van der Waals surface area contributed by atoms with Crippen molar-refractivity contribution in [3.63, 3.8) is 0 Å². The van der Waals surface area contributed by atoms with E-state index in [0.717, 1.165) is 0 Å². The summed E-state index contributed by atoms with van der Waals surface area (Å²) < 4.78 is 4.90. The predicted octanol–water partition coefficient (Wildman–Crippen LogP) is 2.16. The molecule has 1 aliphatic rings. The van der Waals surface area contributed by atoms with E-state index < -0.39 is 6.09 Å². The fourth-order valence-corrected chi connectivity index (χ4v) is 1.73. The maximum absolute atomic E-state index is 11.9. The van der Waals surface area contributed by atoms with Gasteiger partial charge in [0.2, 0.25) is 5.91 Å². The fourth-order valence-electron chi connectivity index (χ4n) is 1.51. The van der Waals surface area contributed by atoms with Gasteiger partial charge in [-0.3, -0.25) is 4.79 Å². The van der Waals surface area contributed by atoms with E-state index >= 15 is 0 Å². The summed E-state index contributed by atoms with van der Waals surface area (Å²) in [6.07, 6.45) is 0.143. The van der Waals surface area contributed by atoms with Crippen LogP contribution in [0, 0.1) is 5.92 Å². The van der Waals surface area contributed by atoms with E-state index in [1.165, 1.54) is 4.90 Å². The number of amides is 2. The zero-order chi connectivity index (χ0) is 11.6. The van der Waals surface area contributed by atoms with Gasteiger partial charge in [0.15, 0.2) is 0 Å². The topological polar surface area (TPSA) is 46.6 Å². The van der Waals surface area contributed by atoms with Gasteiger partial charge >= 0.3 is 6.09 Å². The average Bonchev–Trinajstić information content (AvgIpc) is 2.58. The molecule has 2 amide bonds. The molecule has 0 aliphatic carbocycles. The molecule has 0 radical (unpaired) electrons. The molecular formula is C10H16BrNO3. The summed E-state index contributed by atoms with van der Waals surface area (Å²) in [6.45, 7) is 6.15. The first-order valence-corrected chi connectivity index (χ1v) is 6.04. The highest BCUT2D eigenvalue weighted by atomic mass is 79.9. The number of hydrogen-bond donors (Lipinski definition) is 0. The van der Waals surface area contributed by atoms with E-state index in [9.17, 15) is 9.59 Å². The number of hydrogen-bond acceptors (Lipinski definition) is 3. The first-order valence-electron chi connectivity index (χ1n) is 5.12. The van der Waals surface area contributed by atoms with Crippen LogP contribution in [0.25, 0.3) is 0 Å². The highest BCUT2D eigenvalue weighted by Crippen LogP contribution is 2.22. The molecule has 1 unspecified atom stereocenters. The Morgan fingerprint density at radius 2 is 2.27 bits per heavy atom. The lowest BCUT2D eigenvalue weighted by Crippen LogP contribution is -2.45. The summed E-state index contributed by atoms with van der Waals surface area (Å²) in [7, 11) is 0. The third kappa shape index (κ3) is 2.51. The van der Waals surface area contributed by atoms with Gasteiger partial charge in [0.1, 0.15) is 6.61 Å². The van der Waals surface area contributed by atoms with E-state index in [-0.39, 0.29) is 22.7 Å². The molecule has 0 aromatic rings. The molecule has 0 N–H and O–H groups in total. The van der Waals surface area contributed by atoms with E-state index in [2.05, 4.69) is 15.9 Å². The van der Waals surface area contributed by atoms with Crippen LogP contribution in [0.15, 0.2) is 0 Å². The second kappa shape index (κ2) is 4.96. The van der Waals surface area contributed by atoms with Crippen molar-refractivity contribution >= 4 is 27.9 Å². The maximum Gasteiger partial charge on any atom is 0.417 e. The lowest BCUT2D eigenvalue weighted by Gasteiger charge is -2.24. The second-order valence-corrected chi connectivity index (χ2v) is 5.08. The molecule has 15 heavy (non-hydrogen) atoms. The molecule has 0 bridgehead atoms. The predicted molar refractivity (Wildman–Crippen MR) is 59.8 cm³/mol. The lowest BCUT2D eigenvalue weighted by molar-refractivity contribution is -0.129. The van der Waals surface area contributed by atoms with E-state index in [4.69, 9.17) is 4.74 Å². The zero-order valence-electron chi connectivity index (χ0n) is 9.20. The quantitative estimate of drug-likeness (QED) is 0.743. The Labute approximate surface area is 98.1 Å². The monoisotopic (exact) mass is 277 g/mol. The molecule has 0 aromatic heterocycles. The minimum atomic E-state index is -0.517. The van der Waals surface area contributed by atoms with Gasteiger partial charge in [-0.05, 0) is 12.3 Å². The Morgan fingerprint density at radius 3 is 2.73 bits per heavy atom. The largest absolute Gasteiger partial charge is 0.447 e. The Kier molecular flexibility index (Phi) is 4.13. The summed E-state index contributed by atoms with van der Waals surface area (Å²) in [5.41, 5.74) is 0. The second-order valence-electron chi connectivity index (χ2n) is 3.97. The number of alkyl halides is 1. The highest BCUT2D eigenvalue weighted by molar-refractivity contribution is 9.10. The standard InChI is InChI=1S/C10H16BrNO3/c1-4-7(11)9(13)12-8(6(2)3)5-15-10(12)14/h6-8H,4-5H2,1-3H3/t7?,8-/m1/s1. The van der Waals surface area contributed by atoms with Crippen molar-refractivity contribution in [2.45, 2.75) is 38.1 Å². The lowest BCUT2D eigenvalue weighted by atomic mass is 10.0. The van der Waals surface area contributed by atoms with Gasteiger partial charge in [-0.25, -0.2) is 9.69 Å². The van der Waals surface area contributed by atoms with Crippen molar-refractivity contribution < 1.29 is 14.3 Å². The van der Waals surface area contributed by atoms with Crippen LogP contribution in [0.3, 0.4) is 0 Å². The molecule has 86 valence electrons. The average molecular weight is 278 g/mol. The third-order valence-electron chi connectivity index (χ3n) is 2.54. The first-order chi connectivity index (χ1) is 6.99. The molecule has 1 saturated heterocycles. The molecule has 1 aliphatic heterocycles. The van der Waals surface area contributed by atoms with Crippen molar-refractivity contribution in [3.8, 4) is 0 Å². The van der Waals surface area contributed by atoms with Crippen LogP contribution in [-0.4, -0.2) is 34.4 Å². The zero-order valence-corrected chi connectivity index (χ0v) is 10.8. The number of imide groups is 1. The summed E-state index contributed by atoms with van der Waals surface area (Å²) in [4.78, 5) is 24.2. The summed E-state index contributed by atoms with van der Waals surface area (Å²) in [5.74, 6) is 0.0238. The van der Waals surface area contributed by atoms with Crippen molar-refractivity contribution in [2.24, 2.45) is 5.92 Å². The first kappa shape index (κ1) is 12.5. The van der Waals surface area contributed by atoms with Crippen LogP contribution in [0.5, 0.6) is 0 Å². The summed E-state index contributed by atoms with van der Waals surface area (Å²) in [6, 6.07) is -0.128. The molecular weight excluding hydrogens is 262 g/mol. The number of carbonyl (C=O) groups is 2. The number of halogens is 1.